The summed E-state index contributed by atoms with van der Waals surface area (Å²) < 4.78 is 10.8. The minimum atomic E-state index is -0.116. The van der Waals surface area contributed by atoms with Gasteiger partial charge in [-0.2, -0.15) is 0 Å². The molecule has 0 radical (unpaired) electrons. The van der Waals surface area contributed by atoms with Crippen molar-refractivity contribution in [1.82, 2.24) is 4.98 Å². The van der Waals surface area contributed by atoms with Gasteiger partial charge in [-0.25, -0.2) is 4.98 Å². The molecule has 0 bridgehead atoms. The van der Waals surface area contributed by atoms with Gasteiger partial charge >= 0.3 is 0 Å². The maximum Gasteiger partial charge on any atom is 0.221 e. The Kier molecular flexibility index (Phi) is 6.16. The van der Waals surface area contributed by atoms with Crippen LogP contribution in [0.3, 0.4) is 0 Å². The van der Waals surface area contributed by atoms with Crippen molar-refractivity contribution in [3.8, 4) is 11.5 Å². The third-order valence-corrected chi connectivity index (χ3v) is 5.13. The molecule has 3 aromatic rings. The van der Waals surface area contributed by atoms with E-state index in [0.717, 1.165) is 34.0 Å². The van der Waals surface area contributed by atoms with E-state index in [2.05, 4.69) is 10.3 Å². The molecular weight excluding hydrogens is 374 g/mol. The minimum absolute atomic E-state index is 0.0130. The maximum absolute atomic E-state index is 11.4. The fraction of sp³-hybridized carbons (Fsp3) is 0.238. The lowest BCUT2D eigenvalue weighted by Crippen LogP contribution is -2.09. The Bertz CT molecular complexity index is 954. The predicted octanol–water partition coefficient (Wildman–Crippen LogP) is 4.08. The second-order valence-corrected chi connectivity index (χ2v) is 7.24. The number of carbonyl (C=O) groups excluding carboxylic acids is 1. The summed E-state index contributed by atoms with van der Waals surface area (Å²) in [5.41, 5.74) is 9.59. The number of nitrogens with two attached hydrogens (primary N) is 1. The van der Waals surface area contributed by atoms with E-state index in [9.17, 15) is 4.79 Å². The zero-order valence-electron chi connectivity index (χ0n) is 16.1. The van der Waals surface area contributed by atoms with Crippen LogP contribution in [0.15, 0.2) is 47.8 Å². The van der Waals surface area contributed by atoms with E-state index in [1.54, 1.807) is 14.2 Å². The second kappa shape index (κ2) is 8.75. The van der Waals surface area contributed by atoms with E-state index in [4.69, 9.17) is 15.2 Å². The highest BCUT2D eigenvalue weighted by Crippen LogP contribution is 2.34. The number of aromatic nitrogens is 1. The summed E-state index contributed by atoms with van der Waals surface area (Å²) in [4.78, 5) is 15.9. The van der Waals surface area contributed by atoms with Crippen LogP contribution >= 0.6 is 11.3 Å². The Hall–Kier alpha value is -3.06. The van der Waals surface area contributed by atoms with Crippen molar-refractivity contribution in [2.45, 2.75) is 19.3 Å². The smallest absolute Gasteiger partial charge is 0.221 e. The van der Waals surface area contributed by atoms with Crippen molar-refractivity contribution in [1.29, 1.82) is 0 Å². The highest BCUT2D eigenvalue weighted by atomic mass is 32.1. The molecule has 0 aliphatic rings. The molecule has 0 fully saturated rings. The topological polar surface area (TPSA) is 86.5 Å². The fourth-order valence-electron chi connectivity index (χ4n) is 3.13. The molecule has 1 amide bonds. The normalized spacial score (nSPS) is 11.7. The molecule has 1 heterocycles. The Morgan fingerprint density at radius 1 is 1.18 bits per heavy atom. The number of nitrogen functional groups attached to an aromatic ring is 1. The molecule has 3 N–H and O–H groups in total. The first kappa shape index (κ1) is 19.7. The predicted molar refractivity (Wildman–Crippen MR) is 112 cm³/mol. The zero-order chi connectivity index (χ0) is 20.1. The average Bonchev–Trinajstić information content (AvgIpc) is 3.12. The molecule has 0 aliphatic heterocycles. The van der Waals surface area contributed by atoms with Crippen LogP contribution in [0.2, 0.25) is 0 Å². The summed E-state index contributed by atoms with van der Waals surface area (Å²) in [6.07, 6.45) is 0.645. The van der Waals surface area contributed by atoms with Gasteiger partial charge in [-0.05, 0) is 47.9 Å². The number of ether oxygens (including phenoxy) is 2. The summed E-state index contributed by atoms with van der Waals surface area (Å²) in [5, 5.41) is 5.34. The molecule has 1 aromatic heterocycles. The molecule has 6 nitrogen and oxygen atoms in total. The van der Waals surface area contributed by atoms with Gasteiger partial charge in [-0.1, -0.05) is 12.1 Å². The van der Waals surface area contributed by atoms with E-state index < -0.39 is 0 Å². The fourth-order valence-corrected chi connectivity index (χ4v) is 3.75. The Morgan fingerprint density at radius 2 is 1.93 bits per heavy atom. The van der Waals surface area contributed by atoms with Gasteiger partial charge < -0.3 is 20.5 Å². The monoisotopic (exact) mass is 397 g/mol. The standard InChI is InChI=1S/C21H23N3O3S/c1-13(25)23-16-6-9-20(27-3)15(10-16)11-18(19-12-28-21(22)24-19)14-4-7-17(26-2)8-5-14/h4-10,12,18H,11H2,1-3H3,(H2,22,24)(H,23,25). The molecule has 7 heteroatoms. The number of hydrogen-bond acceptors (Lipinski definition) is 6. The van der Waals surface area contributed by atoms with E-state index in [1.807, 2.05) is 47.8 Å². The third kappa shape index (κ3) is 4.61. The number of thiazole rings is 1. The van der Waals surface area contributed by atoms with Crippen LogP contribution in [0.25, 0.3) is 0 Å². The van der Waals surface area contributed by atoms with Crippen molar-refractivity contribution in [3.05, 3.63) is 64.7 Å². The maximum atomic E-state index is 11.4. The average molecular weight is 398 g/mol. The Balaban J connectivity index is 2.00. The van der Waals surface area contributed by atoms with Crippen LogP contribution in [0.5, 0.6) is 11.5 Å². The molecule has 2 aromatic carbocycles. The van der Waals surface area contributed by atoms with Crippen LogP contribution < -0.4 is 20.5 Å². The molecule has 0 aliphatic carbocycles. The van der Waals surface area contributed by atoms with Crippen molar-refractivity contribution in [2.24, 2.45) is 0 Å². The minimum Gasteiger partial charge on any atom is -0.497 e. The summed E-state index contributed by atoms with van der Waals surface area (Å²) >= 11 is 1.42. The molecule has 0 spiro atoms. The van der Waals surface area contributed by atoms with Crippen molar-refractivity contribution in [3.63, 3.8) is 0 Å². The van der Waals surface area contributed by atoms with Crippen LogP contribution in [-0.2, 0) is 11.2 Å². The van der Waals surface area contributed by atoms with Crippen molar-refractivity contribution >= 4 is 28.1 Å². The summed E-state index contributed by atoms with van der Waals surface area (Å²) in [6, 6.07) is 13.6. The lowest BCUT2D eigenvalue weighted by molar-refractivity contribution is -0.114. The highest BCUT2D eigenvalue weighted by Gasteiger charge is 2.20. The first-order chi connectivity index (χ1) is 13.5. The molecule has 28 heavy (non-hydrogen) atoms. The Labute approximate surface area is 168 Å². The number of nitrogens with one attached hydrogen (secondary N) is 1. The van der Waals surface area contributed by atoms with Gasteiger partial charge in [0.2, 0.25) is 5.91 Å². The van der Waals surface area contributed by atoms with Crippen molar-refractivity contribution in [2.75, 3.05) is 25.3 Å². The quantitative estimate of drug-likeness (QED) is 0.627. The van der Waals surface area contributed by atoms with E-state index in [0.29, 0.717) is 11.6 Å². The zero-order valence-corrected chi connectivity index (χ0v) is 16.9. The molecule has 146 valence electrons. The van der Waals surface area contributed by atoms with Crippen LogP contribution in [0.1, 0.15) is 29.7 Å². The number of nitrogens with zero attached hydrogens (tertiary/aromatic N) is 1. The first-order valence-corrected chi connectivity index (χ1v) is 9.67. The lowest BCUT2D eigenvalue weighted by Gasteiger charge is -2.19. The third-order valence-electron chi connectivity index (χ3n) is 4.44. The molecule has 1 atom stereocenters. The van der Waals surface area contributed by atoms with Gasteiger partial charge in [0.25, 0.3) is 0 Å². The van der Waals surface area contributed by atoms with E-state index >= 15 is 0 Å². The SMILES string of the molecule is COc1ccc(C(Cc2cc(NC(C)=O)ccc2OC)c2csc(N)n2)cc1. The first-order valence-electron chi connectivity index (χ1n) is 8.79. The molecule has 1 unspecified atom stereocenters. The van der Waals surface area contributed by atoms with Crippen LogP contribution in [0, 0.1) is 0 Å². The highest BCUT2D eigenvalue weighted by molar-refractivity contribution is 7.13. The number of methoxy groups -OCH3 is 2. The van der Waals surface area contributed by atoms with Gasteiger partial charge in [-0.15, -0.1) is 11.3 Å². The van der Waals surface area contributed by atoms with Gasteiger partial charge in [0.05, 0.1) is 19.9 Å². The lowest BCUT2D eigenvalue weighted by atomic mass is 9.89. The largest absolute Gasteiger partial charge is 0.497 e. The van der Waals surface area contributed by atoms with Crippen LogP contribution in [-0.4, -0.2) is 25.1 Å². The summed E-state index contributed by atoms with van der Waals surface area (Å²) in [6.45, 7) is 1.49. The van der Waals surface area contributed by atoms with E-state index in [-0.39, 0.29) is 11.8 Å². The van der Waals surface area contributed by atoms with Gasteiger partial charge in [0, 0.05) is 23.9 Å². The van der Waals surface area contributed by atoms with Gasteiger partial charge in [-0.3, -0.25) is 4.79 Å². The molecule has 0 saturated carbocycles. The van der Waals surface area contributed by atoms with Gasteiger partial charge in [0.1, 0.15) is 11.5 Å². The number of rotatable bonds is 7. The second-order valence-electron chi connectivity index (χ2n) is 6.35. The number of carbonyl (C=O) groups is 1. The number of hydrogen-bond donors (Lipinski definition) is 2. The molecule has 3 rings (SSSR count). The number of amides is 1. The number of anilines is 2. The number of benzene rings is 2. The van der Waals surface area contributed by atoms with E-state index in [1.165, 1.54) is 18.3 Å². The summed E-state index contributed by atoms with van der Waals surface area (Å²) in [5.74, 6) is 1.43. The molecular formula is C21H23N3O3S. The van der Waals surface area contributed by atoms with Crippen molar-refractivity contribution < 1.29 is 14.3 Å². The molecule has 0 saturated heterocycles. The summed E-state index contributed by atoms with van der Waals surface area (Å²) in [7, 11) is 3.28. The van der Waals surface area contributed by atoms with Crippen LogP contribution in [0.4, 0.5) is 10.8 Å². The van der Waals surface area contributed by atoms with Gasteiger partial charge in [0.15, 0.2) is 5.13 Å². The Morgan fingerprint density at radius 3 is 2.50 bits per heavy atom.